The van der Waals surface area contributed by atoms with E-state index < -0.39 is 16.5 Å². The van der Waals surface area contributed by atoms with E-state index in [1.165, 1.54) is 26.4 Å². The number of anilines is 1. The van der Waals surface area contributed by atoms with Crippen molar-refractivity contribution < 1.29 is 23.9 Å². The van der Waals surface area contributed by atoms with E-state index in [0.29, 0.717) is 17.2 Å². The van der Waals surface area contributed by atoms with Crippen LogP contribution in [-0.2, 0) is 4.74 Å². The van der Waals surface area contributed by atoms with Crippen LogP contribution in [0.5, 0.6) is 11.5 Å². The van der Waals surface area contributed by atoms with E-state index in [0.717, 1.165) is 11.1 Å². The molecule has 0 aliphatic heterocycles. The molecule has 35 heavy (non-hydrogen) atoms. The molecule has 0 atom stereocenters. The molecule has 10 heteroatoms. The largest absolute Gasteiger partial charge is 0.493 e. The molecular weight excluding hydrogens is 452 g/mol. The third kappa shape index (κ3) is 4.78. The summed E-state index contributed by atoms with van der Waals surface area (Å²) in [6.07, 6.45) is 1.78. The van der Waals surface area contributed by atoms with Crippen LogP contribution in [-0.4, -0.2) is 47.6 Å². The number of nitrogens with one attached hydrogen (secondary N) is 1. The molecule has 10 nitrogen and oxygen atoms in total. The van der Waals surface area contributed by atoms with Crippen LogP contribution >= 0.6 is 0 Å². The predicted octanol–water partition coefficient (Wildman–Crippen LogP) is 4.50. The lowest BCUT2D eigenvalue weighted by atomic mass is 10.1. The second-order valence-corrected chi connectivity index (χ2v) is 7.63. The Morgan fingerprint density at radius 1 is 1.09 bits per heavy atom. The highest BCUT2D eigenvalue weighted by atomic mass is 16.6. The number of hydrogen-bond donors (Lipinski definition) is 1. The number of nitro benzene ring substituents is 1. The summed E-state index contributed by atoms with van der Waals surface area (Å²) in [5, 5.41) is 14.7. The van der Waals surface area contributed by atoms with E-state index in [1.807, 2.05) is 49.4 Å². The summed E-state index contributed by atoms with van der Waals surface area (Å²) in [7, 11) is 2.91. The first-order valence-corrected chi connectivity index (χ1v) is 10.8. The van der Waals surface area contributed by atoms with Gasteiger partial charge in [0.2, 0.25) is 0 Å². The zero-order valence-electron chi connectivity index (χ0n) is 19.5. The molecule has 0 bridgehead atoms. The van der Waals surface area contributed by atoms with E-state index in [1.54, 1.807) is 10.6 Å². The molecule has 0 unspecified atom stereocenters. The third-order valence-electron chi connectivity index (χ3n) is 5.39. The highest BCUT2D eigenvalue weighted by Crippen LogP contribution is 2.36. The van der Waals surface area contributed by atoms with Gasteiger partial charge in [-0.05, 0) is 18.6 Å². The van der Waals surface area contributed by atoms with Crippen LogP contribution in [0, 0.1) is 17.0 Å². The molecular formula is C25H24N4O6. The summed E-state index contributed by atoms with van der Waals surface area (Å²) in [4.78, 5) is 29.4. The smallest absolute Gasteiger partial charge is 0.286 e. The number of aryl methyl sites for hydroxylation is 1. The van der Waals surface area contributed by atoms with Crippen LogP contribution in [0.4, 0.5) is 11.5 Å². The number of carbonyl (C=O) groups excluding carboxylic acids is 1. The summed E-state index contributed by atoms with van der Waals surface area (Å²) < 4.78 is 17.6. The van der Waals surface area contributed by atoms with Crippen molar-refractivity contribution in [2.24, 2.45) is 0 Å². The van der Waals surface area contributed by atoms with Gasteiger partial charge in [0, 0.05) is 24.9 Å². The predicted molar refractivity (Wildman–Crippen MR) is 130 cm³/mol. The molecule has 0 radical (unpaired) electrons. The SMILES string of the molecule is COCCOc1cc([N+](=O)[O-])c(C(=O)Nc2c(-c3ccccc3)nc3c(C)cccn23)cc1OC. The van der Waals surface area contributed by atoms with Crippen molar-refractivity contribution in [1.82, 2.24) is 9.38 Å². The first-order valence-electron chi connectivity index (χ1n) is 10.8. The second-order valence-electron chi connectivity index (χ2n) is 7.63. The summed E-state index contributed by atoms with van der Waals surface area (Å²) in [5.74, 6) is 0.0461. The normalized spacial score (nSPS) is 10.8. The maximum absolute atomic E-state index is 13.4. The molecule has 2 heterocycles. The van der Waals surface area contributed by atoms with Crippen molar-refractivity contribution >= 4 is 23.1 Å². The van der Waals surface area contributed by atoms with Gasteiger partial charge < -0.3 is 19.5 Å². The van der Waals surface area contributed by atoms with Gasteiger partial charge in [0.1, 0.15) is 29.3 Å². The Bertz CT molecular complexity index is 1380. The summed E-state index contributed by atoms with van der Waals surface area (Å²) in [6, 6.07) is 15.6. The van der Waals surface area contributed by atoms with Gasteiger partial charge >= 0.3 is 0 Å². The molecule has 1 amide bonds. The van der Waals surface area contributed by atoms with E-state index >= 15 is 0 Å². The molecule has 0 aliphatic rings. The minimum Gasteiger partial charge on any atom is -0.493 e. The van der Waals surface area contributed by atoms with E-state index in [2.05, 4.69) is 5.32 Å². The van der Waals surface area contributed by atoms with Crippen molar-refractivity contribution in [3.63, 3.8) is 0 Å². The highest BCUT2D eigenvalue weighted by molar-refractivity contribution is 6.08. The Balaban J connectivity index is 1.79. The number of ether oxygens (including phenoxy) is 3. The Hall–Kier alpha value is -4.44. The monoisotopic (exact) mass is 476 g/mol. The quantitative estimate of drug-likeness (QED) is 0.215. The van der Waals surface area contributed by atoms with Crippen LogP contribution in [0.25, 0.3) is 16.9 Å². The Morgan fingerprint density at radius 3 is 2.54 bits per heavy atom. The van der Waals surface area contributed by atoms with E-state index in [9.17, 15) is 14.9 Å². The van der Waals surface area contributed by atoms with Crippen molar-refractivity contribution in [2.45, 2.75) is 6.92 Å². The Labute approximate surface area is 201 Å². The molecule has 4 aromatic rings. The number of methoxy groups -OCH3 is 2. The number of aromatic nitrogens is 2. The maximum Gasteiger partial charge on any atom is 0.286 e. The van der Waals surface area contributed by atoms with Gasteiger partial charge in [0.25, 0.3) is 11.6 Å². The van der Waals surface area contributed by atoms with Crippen LogP contribution in [0.2, 0.25) is 0 Å². The van der Waals surface area contributed by atoms with Crippen LogP contribution in [0.3, 0.4) is 0 Å². The fourth-order valence-electron chi connectivity index (χ4n) is 3.68. The molecule has 4 rings (SSSR count). The van der Waals surface area contributed by atoms with Crippen LogP contribution in [0.15, 0.2) is 60.8 Å². The van der Waals surface area contributed by atoms with Gasteiger partial charge in [-0.2, -0.15) is 0 Å². The number of nitro groups is 1. The Kier molecular flexibility index (Phi) is 6.93. The topological polar surface area (TPSA) is 117 Å². The summed E-state index contributed by atoms with van der Waals surface area (Å²) >= 11 is 0. The number of pyridine rings is 1. The third-order valence-corrected chi connectivity index (χ3v) is 5.39. The van der Waals surface area contributed by atoms with Gasteiger partial charge in [-0.1, -0.05) is 36.4 Å². The number of carbonyl (C=O) groups is 1. The van der Waals surface area contributed by atoms with Crippen molar-refractivity contribution in [2.75, 3.05) is 32.8 Å². The summed E-state index contributed by atoms with van der Waals surface area (Å²) in [6.45, 7) is 2.37. The number of hydrogen-bond acceptors (Lipinski definition) is 7. The van der Waals surface area contributed by atoms with Gasteiger partial charge in [0.05, 0.1) is 24.7 Å². The van der Waals surface area contributed by atoms with Crippen molar-refractivity contribution in [3.05, 3.63) is 82.0 Å². The molecule has 0 saturated carbocycles. The van der Waals surface area contributed by atoms with Gasteiger partial charge in [0.15, 0.2) is 11.5 Å². The van der Waals surface area contributed by atoms with Crippen molar-refractivity contribution in [3.8, 4) is 22.8 Å². The first-order chi connectivity index (χ1) is 16.9. The van der Waals surface area contributed by atoms with Gasteiger partial charge in [-0.3, -0.25) is 19.3 Å². The first kappa shape index (κ1) is 23.7. The number of benzene rings is 2. The maximum atomic E-state index is 13.4. The van der Waals surface area contributed by atoms with Crippen molar-refractivity contribution in [1.29, 1.82) is 0 Å². The van der Waals surface area contributed by atoms with E-state index in [4.69, 9.17) is 19.2 Å². The molecule has 0 spiro atoms. The van der Waals surface area contributed by atoms with E-state index in [-0.39, 0.29) is 30.3 Å². The Morgan fingerprint density at radius 2 is 1.86 bits per heavy atom. The standard InChI is InChI=1S/C25H24N4O6/c1-16-8-7-11-28-23(16)26-22(17-9-5-4-6-10-17)24(28)27-25(30)18-14-20(34-3)21(35-13-12-33-2)15-19(18)29(31)32/h4-11,14-15H,12-13H2,1-3H3,(H,27,30). The van der Waals surface area contributed by atoms with Crippen LogP contribution in [0.1, 0.15) is 15.9 Å². The van der Waals surface area contributed by atoms with Crippen LogP contribution < -0.4 is 14.8 Å². The molecule has 2 aromatic heterocycles. The number of amides is 1. The minimum atomic E-state index is -0.682. The minimum absolute atomic E-state index is 0.142. The highest BCUT2D eigenvalue weighted by Gasteiger charge is 2.27. The zero-order chi connectivity index (χ0) is 24.9. The lowest BCUT2D eigenvalue weighted by molar-refractivity contribution is -0.385. The number of rotatable bonds is 9. The molecule has 0 fully saturated rings. The number of imidazole rings is 1. The average molecular weight is 476 g/mol. The van der Waals surface area contributed by atoms with Gasteiger partial charge in [-0.25, -0.2) is 4.98 Å². The fraction of sp³-hybridized carbons (Fsp3) is 0.200. The second kappa shape index (κ2) is 10.2. The molecule has 1 N–H and O–H groups in total. The molecule has 0 saturated heterocycles. The lowest BCUT2D eigenvalue weighted by Crippen LogP contribution is -2.16. The summed E-state index contributed by atoms with van der Waals surface area (Å²) in [5.41, 5.74) is 2.32. The lowest BCUT2D eigenvalue weighted by Gasteiger charge is -2.13. The molecule has 2 aromatic carbocycles. The average Bonchev–Trinajstić information content (AvgIpc) is 3.23. The molecule has 0 aliphatic carbocycles. The zero-order valence-corrected chi connectivity index (χ0v) is 19.5. The fourth-order valence-corrected chi connectivity index (χ4v) is 3.68. The van der Waals surface area contributed by atoms with Gasteiger partial charge in [-0.15, -0.1) is 0 Å². The molecule has 180 valence electrons. The number of nitrogens with zero attached hydrogens (tertiary/aromatic N) is 3. The number of fused-ring (bicyclic) bond motifs is 1.